The summed E-state index contributed by atoms with van der Waals surface area (Å²) in [6.07, 6.45) is -3.76. The second-order valence-electron chi connectivity index (χ2n) is 8.38. The highest BCUT2D eigenvalue weighted by Gasteiger charge is 2.30. The van der Waals surface area contributed by atoms with Gasteiger partial charge in [-0.3, -0.25) is 14.4 Å². The van der Waals surface area contributed by atoms with E-state index in [1.165, 1.54) is 42.6 Å². The molecule has 0 atom stereocenters. The van der Waals surface area contributed by atoms with Gasteiger partial charge >= 0.3 is 6.18 Å². The molecule has 216 valence electrons. The molecule has 0 aliphatic heterocycles. The molecule has 0 heterocycles. The molecule has 3 aromatic rings. The van der Waals surface area contributed by atoms with Gasteiger partial charge in [0, 0.05) is 18.5 Å². The SMILES string of the molecule is CCOc1cc(C=NNC(=O)CCC(=O)Nc2cccc(C(F)(F)F)c2)ccc1OCC(=O)Nc1ccccc1F. The van der Waals surface area contributed by atoms with Crippen LogP contribution in [-0.4, -0.2) is 37.1 Å². The van der Waals surface area contributed by atoms with E-state index < -0.39 is 41.9 Å². The number of benzene rings is 3. The van der Waals surface area contributed by atoms with Crippen LogP contribution in [0.2, 0.25) is 0 Å². The summed E-state index contributed by atoms with van der Waals surface area (Å²) in [5.74, 6) is -1.83. The minimum Gasteiger partial charge on any atom is -0.490 e. The summed E-state index contributed by atoms with van der Waals surface area (Å²) in [7, 11) is 0. The summed E-state index contributed by atoms with van der Waals surface area (Å²) in [6.45, 7) is 1.63. The Hall–Kier alpha value is -4.94. The van der Waals surface area contributed by atoms with Crippen LogP contribution in [0.3, 0.4) is 0 Å². The predicted molar refractivity (Wildman–Crippen MR) is 143 cm³/mol. The van der Waals surface area contributed by atoms with Gasteiger partial charge in [0.15, 0.2) is 18.1 Å². The lowest BCUT2D eigenvalue weighted by molar-refractivity contribution is -0.137. The first kappa shape index (κ1) is 30.6. The largest absolute Gasteiger partial charge is 0.490 e. The number of ether oxygens (including phenoxy) is 2. The summed E-state index contributed by atoms with van der Waals surface area (Å²) >= 11 is 0. The zero-order chi connectivity index (χ0) is 29.8. The molecule has 3 aromatic carbocycles. The number of hydrazone groups is 1. The van der Waals surface area contributed by atoms with Gasteiger partial charge in [-0.2, -0.15) is 18.3 Å². The smallest absolute Gasteiger partial charge is 0.416 e. The van der Waals surface area contributed by atoms with Crippen LogP contribution in [0.25, 0.3) is 0 Å². The summed E-state index contributed by atoms with van der Waals surface area (Å²) in [5.41, 5.74) is 1.86. The van der Waals surface area contributed by atoms with Gasteiger partial charge in [-0.15, -0.1) is 0 Å². The Bertz CT molecular complexity index is 1410. The third kappa shape index (κ3) is 9.95. The molecule has 0 saturated heterocycles. The van der Waals surface area contributed by atoms with Crippen molar-refractivity contribution in [2.45, 2.75) is 25.9 Å². The summed E-state index contributed by atoms with van der Waals surface area (Å²) in [4.78, 5) is 36.2. The molecule has 9 nitrogen and oxygen atoms in total. The topological polar surface area (TPSA) is 118 Å². The highest BCUT2D eigenvalue weighted by Crippen LogP contribution is 2.31. The third-order valence-electron chi connectivity index (χ3n) is 5.23. The van der Waals surface area contributed by atoms with Crippen LogP contribution in [0.1, 0.15) is 30.9 Å². The number of nitrogens with zero attached hydrogens (tertiary/aromatic N) is 1. The number of nitrogens with one attached hydrogen (secondary N) is 3. The number of rotatable bonds is 12. The average molecular weight is 575 g/mol. The number of halogens is 4. The lowest BCUT2D eigenvalue weighted by atomic mass is 10.2. The van der Waals surface area contributed by atoms with Crippen LogP contribution < -0.4 is 25.5 Å². The van der Waals surface area contributed by atoms with Crippen molar-refractivity contribution in [2.24, 2.45) is 5.10 Å². The van der Waals surface area contributed by atoms with E-state index in [0.29, 0.717) is 11.3 Å². The number of amides is 3. The lowest BCUT2D eigenvalue weighted by Gasteiger charge is -2.13. The quantitative estimate of drug-likeness (QED) is 0.158. The van der Waals surface area contributed by atoms with Crippen molar-refractivity contribution in [3.05, 3.63) is 83.7 Å². The number of hydrogen-bond donors (Lipinski definition) is 3. The Labute approximate surface area is 232 Å². The average Bonchev–Trinajstić information content (AvgIpc) is 2.92. The number of carbonyl (C=O) groups is 3. The predicted octanol–water partition coefficient (Wildman–Crippen LogP) is 5.13. The molecule has 0 unspecified atom stereocenters. The molecule has 41 heavy (non-hydrogen) atoms. The minimum atomic E-state index is -4.55. The summed E-state index contributed by atoms with van der Waals surface area (Å²) in [5, 5.41) is 8.56. The van der Waals surface area contributed by atoms with Crippen molar-refractivity contribution in [2.75, 3.05) is 23.8 Å². The van der Waals surface area contributed by atoms with Crippen LogP contribution in [0.5, 0.6) is 11.5 Å². The highest BCUT2D eigenvalue weighted by atomic mass is 19.4. The van der Waals surface area contributed by atoms with Crippen LogP contribution in [0.15, 0.2) is 71.8 Å². The zero-order valence-electron chi connectivity index (χ0n) is 21.8. The lowest BCUT2D eigenvalue weighted by Crippen LogP contribution is -2.21. The highest BCUT2D eigenvalue weighted by molar-refractivity contribution is 5.93. The normalized spacial score (nSPS) is 11.1. The number of alkyl halides is 3. The van der Waals surface area contributed by atoms with Crippen LogP contribution in [0.4, 0.5) is 28.9 Å². The monoisotopic (exact) mass is 574 g/mol. The second kappa shape index (κ2) is 14.4. The van der Waals surface area contributed by atoms with Gasteiger partial charge in [-0.05, 0) is 61.0 Å². The molecule has 3 amide bonds. The summed E-state index contributed by atoms with van der Waals surface area (Å²) < 4.78 is 63.2. The molecule has 0 aliphatic carbocycles. The fourth-order valence-corrected chi connectivity index (χ4v) is 3.34. The van der Waals surface area contributed by atoms with E-state index in [1.54, 1.807) is 25.1 Å². The first-order valence-corrected chi connectivity index (χ1v) is 12.3. The Morgan fingerprint density at radius 1 is 0.854 bits per heavy atom. The number of carbonyl (C=O) groups excluding carboxylic acids is 3. The fraction of sp³-hybridized carbons (Fsp3) is 0.214. The first-order valence-electron chi connectivity index (χ1n) is 12.3. The van der Waals surface area contributed by atoms with Gasteiger partial charge in [0.1, 0.15) is 5.82 Å². The van der Waals surface area contributed by atoms with Crippen LogP contribution in [-0.2, 0) is 20.6 Å². The molecule has 13 heteroatoms. The van der Waals surface area contributed by atoms with Gasteiger partial charge in [0.05, 0.1) is 24.1 Å². The molecule has 0 aromatic heterocycles. The van der Waals surface area contributed by atoms with Crippen molar-refractivity contribution >= 4 is 35.3 Å². The van der Waals surface area contributed by atoms with Crippen LogP contribution >= 0.6 is 0 Å². The van der Waals surface area contributed by atoms with Crippen molar-refractivity contribution in [3.63, 3.8) is 0 Å². The van der Waals surface area contributed by atoms with E-state index in [9.17, 15) is 31.9 Å². The van der Waals surface area contributed by atoms with Gasteiger partial charge in [0.25, 0.3) is 5.91 Å². The zero-order valence-corrected chi connectivity index (χ0v) is 21.8. The molecular weight excluding hydrogens is 548 g/mol. The van der Waals surface area contributed by atoms with Gasteiger partial charge in [-0.1, -0.05) is 18.2 Å². The van der Waals surface area contributed by atoms with Crippen molar-refractivity contribution in [1.29, 1.82) is 0 Å². The van der Waals surface area contributed by atoms with Crippen molar-refractivity contribution < 1.29 is 41.4 Å². The second-order valence-corrected chi connectivity index (χ2v) is 8.38. The number of hydrogen-bond acceptors (Lipinski definition) is 6. The maximum atomic E-state index is 13.7. The molecule has 0 saturated carbocycles. The Morgan fingerprint density at radius 3 is 2.34 bits per heavy atom. The molecule has 0 radical (unpaired) electrons. The van der Waals surface area contributed by atoms with E-state index in [0.717, 1.165) is 12.1 Å². The Balaban J connectivity index is 1.48. The van der Waals surface area contributed by atoms with Gasteiger partial charge in [-0.25, -0.2) is 9.82 Å². The third-order valence-corrected chi connectivity index (χ3v) is 5.23. The van der Waals surface area contributed by atoms with E-state index >= 15 is 0 Å². The first-order chi connectivity index (χ1) is 19.5. The van der Waals surface area contributed by atoms with Crippen LogP contribution in [0, 0.1) is 5.82 Å². The molecule has 3 rings (SSSR count). The molecule has 3 N–H and O–H groups in total. The Morgan fingerprint density at radius 2 is 1.61 bits per heavy atom. The molecule has 0 fully saturated rings. The molecular formula is C28H26F4N4O5. The molecule has 0 spiro atoms. The standard InChI is InChI=1S/C28H26F4N4O5/c1-2-40-24-14-18(10-11-23(24)41-17-27(39)35-22-9-4-3-8-21(22)29)16-33-36-26(38)13-12-25(37)34-20-7-5-6-19(15-20)28(30,31)32/h3-11,14-16H,2,12-13,17H2,1H3,(H,34,37)(H,35,39)(H,36,38). The minimum absolute atomic E-state index is 0.0242. The maximum absolute atomic E-state index is 13.7. The van der Waals surface area contributed by atoms with E-state index in [2.05, 4.69) is 21.2 Å². The number of anilines is 2. The van der Waals surface area contributed by atoms with Crippen molar-refractivity contribution in [1.82, 2.24) is 5.43 Å². The fourth-order valence-electron chi connectivity index (χ4n) is 3.34. The molecule has 0 aliphatic rings. The van der Waals surface area contributed by atoms with Gasteiger partial charge in [0.2, 0.25) is 11.8 Å². The van der Waals surface area contributed by atoms with Crippen molar-refractivity contribution in [3.8, 4) is 11.5 Å². The van der Waals surface area contributed by atoms with E-state index in [4.69, 9.17) is 9.47 Å². The Kier molecular flexibility index (Phi) is 10.8. The molecule has 0 bridgehead atoms. The number of para-hydroxylation sites is 1. The van der Waals surface area contributed by atoms with E-state index in [-0.39, 0.29) is 36.6 Å². The maximum Gasteiger partial charge on any atom is 0.416 e. The summed E-state index contributed by atoms with van der Waals surface area (Å²) in [6, 6.07) is 14.6. The van der Waals surface area contributed by atoms with Gasteiger partial charge < -0.3 is 20.1 Å². The van der Waals surface area contributed by atoms with E-state index in [1.807, 2.05) is 0 Å².